The standard InChI is InChI=1S/C4H10N2O3/c7-4-2-1-3-5(8)6(4)9/h4,7-9H,1-3H2. The summed E-state index contributed by atoms with van der Waals surface area (Å²) in [5.41, 5.74) is 0. The number of hydrogen-bond donors (Lipinski definition) is 3. The summed E-state index contributed by atoms with van der Waals surface area (Å²) in [6.07, 6.45) is 0.228. The number of nitrogens with zero attached hydrogens (tertiary/aromatic N) is 2. The molecule has 3 N–H and O–H groups in total. The van der Waals surface area contributed by atoms with E-state index in [1.807, 2.05) is 0 Å². The molecule has 0 amide bonds. The van der Waals surface area contributed by atoms with Crippen molar-refractivity contribution >= 4 is 0 Å². The van der Waals surface area contributed by atoms with E-state index in [9.17, 15) is 0 Å². The summed E-state index contributed by atoms with van der Waals surface area (Å²) in [7, 11) is 0. The van der Waals surface area contributed by atoms with Crippen molar-refractivity contribution in [2.24, 2.45) is 0 Å². The summed E-state index contributed by atoms with van der Waals surface area (Å²) in [5, 5.41) is 27.2. The molecular formula is C4H10N2O3. The van der Waals surface area contributed by atoms with Gasteiger partial charge in [-0.05, 0) is 12.8 Å². The SMILES string of the molecule is OC1CCCN(O)N1O. The van der Waals surface area contributed by atoms with Crippen LogP contribution in [0.5, 0.6) is 0 Å². The first-order chi connectivity index (χ1) is 4.22. The monoisotopic (exact) mass is 134 g/mol. The van der Waals surface area contributed by atoms with Gasteiger partial charge in [0.1, 0.15) is 6.23 Å². The van der Waals surface area contributed by atoms with Crippen LogP contribution < -0.4 is 0 Å². The zero-order valence-corrected chi connectivity index (χ0v) is 4.93. The molecule has 0 aromatic rings. The van der Waals surface area contributed by atoms with Crippen LogP contribution in [0.2, 0.25) is 0 Å². The fourth-order valence-corrected chi connectivity index (χ4v) is 0.787. The summed E-state index contributed by atoms with van der Waals surface area (Å²) >= 11 is 0. The Bertz CT molecular complexity index is 89.8. The Balaban J connectivity index is 2.41. The van der Waals surface area contributed by atoms with Crippen molar-refractivity contribution in [2.45, 2.75) is 19.1 Å². The lowest BCUT2D eigenvalue weighted by atomic mass is 10.2. The molecule has 0 saturated carbocycles. The third-order valence-corrected chi connectivity index (χ3v) is 1.32. The van der Waals surface area contributed by atoms with Crippen molar-refractivity contribution in [1.82, 2.24) is 10.3 Å². The number of hydrogen-bond acceptors (Lipinski definition) is 5. The molecule has 0 aromatic carbocycles. The van der Waals surface area contributed by atoms with Crippen LogP contribution in [0.4, 0.5) is 0 Å². The van der Waals surface area contributed by atoms with Crippen LogP contribution in [0.1, 0.15) is 12.8 Å². The van der Waals surface area contributed by atoms with Gasteiger partial charge in [-0.2, -0.15) is 0 Å². The highest BCUT2D eigenvalue weighted by atomic mass is 16.7. The molecule has 5 nitrogen and oxygen atoms in total. The van der Waals surface area contributed by atoms with Crippen molar-refractivity contribution in [3.63, 3.8) is 0 Å². The van der Waals surface area contributed by atoms with Crippen LogP contribution in [0.3, 0.4) is 0 Å². The van der Waals surface area contributed by atoms with E-state index in [4.69, 9.17) is 15.5 Å². The highest BCUT2D eigenvalue weighted by Crippen LogP contribution is 2.10. The quantitative estimate of drug-likeness (QED) is 0.412. The molecule has 1 heterocycles. The van der Waals surface area contributed by atoms with Gasteiger partial charge in [-0.15, -0.1) is 0 Å². The van der Waals surface area contributed by atoms with E-state index in [2.05, 4.69) is 0 Å². The van der Waals surface area contributed by atoms with Gasteiger partial charge in [-0.1, -0.05) is 10.3 Å². The second kappa shape index (κ2) is 2.59. The topological polar surface area (TPSA) is 67.2 Å². The molecule has 54 valence electrons. The Hall–Kier alpha value is -0.200. The van der Waals surface area contributed by atoms with E-state index < -0.39 is 6.23 Å². The molecule has 1 unspecified atom stereocenters. The van der Waals surface area contributed by atoms with Crippen LogP contribution in [-0.4, -0.2) is 38.6 Å². The summed E-state index contributed by atoms with van der Waals surface area (Å²) in [4.78, 5) is 0. The predicted octanol–water partition coefficient (Wildman–Crippen LogP) is -0.604. The summed E-state index contributed by atoms with van der Waals surface area (Å²) in [6.45, 7) is 0.369. The molecule has 0 radical (unpaired) electrons. The molecule has 0 bridgehead atoms. The largest absolute Gasteiger partial charge is 0.375 e. The minimum Gasteiger partial charge on any atom is -0.375 e. The van der Waals surface area contributed by atoms with E-state index in [-0.39, 0.29) is 0 Å². The van der Waals surface area contributed by atoms with Gasteiger partial charge in [0.25, 0.3) is 0 Å². The van der Waals surface area contributed by atoms with E-state index in [0.717, 1.165) is 0 Å². The first-order valence-corrected chi connectivity index (χ1v) is 2.84. The van der Waals surface area contributed by atoms with Crippen LogP contribution in [0, 0.1) is 0 Å². The summed E-state index contributed by atoms with van der Waals surface area (Å²) < 4.78 is 0. The molecule has 9 heavy (non-hydrogen) atoms. The minimum atomic E-state index is -0.955. The van der Waals surface area contributed by atoms with Crippen LogP contribution in [0.25, 0.3) is 0 Å². The maximum Gasteiger partial charge on any atom is 0.147 e. The normalized spacial score (nSPS) is 33.0. The lowest BCUT2D eigenvalue weighted by Gasteiger charge is -2.32. The summed E-state index contributed by atoms with van der Waals surface area (Å²) in [6, 6.07) is 0. The lowest BCUT2D eigenvalue weighted by molar-refractivity contribution is -0.423. The molecule has 1 fully saturated rings. The third-order valence-electron chi connectivity index (χ3n) is 1.32. The molecule has 0 spiro atoms. The van der Waals surface area contributed by atoms with Crippen LogP contribution >= 0.6 is 0 Å². The van der Waals surface area contributed by atoms with Crippen LogP contribution in [0.15, 0.2) is 0 Å². The average molecular weight is 134 g/mol. The van der Waals surface area contributed by atoms with Crippen LogP contribution in [-0.2, 0) is 0 Å². The van der Waals surface area contributed by atoms with E-state index in [0.29, 0.717) is 29.7 Å². The van der Waals surface area contributed by atoms with Crippen molar-refractivity contribution < 1.29 is 15.5 Å². The predicted molar refractivity (Wildman–Crippen MR) is 27.4 cm³/mol. The van der Waals surface area contributed by atoms with Gasteiger partial charge in [0, 0.05) is 6.54 Å². The van der Waals surface area contributed by atoms with Crippen molar-refractivity contribution in [3.8, 4) is 0 Å². The molecule has 1 atom stereocenters. The summed E-state index contributed by atoms with van der Waals surface area (Å²) in [5.74, 6) is 0. The fraction of sp³-hybridized carbons (Fsp3) is 1.00. The van der Waals surface area contributed by atoms with Gasteiger partial charge in [-0.3, -0.25) is 10.4 Å². The number of aliphatic hydroxyl groups is 1. The molecule has 1 aliphatic heterocycles. The van der Waals surface area contributed by atoms with Gasteiger partial charge in [-0.25, -0.2) is 0 Å². The molecule has 1 aliphatic rings. The van der Waals surface area contributed by atoms with E-state index in [1.54, 1.807) is 0 Å². The smallest absolute Gasteiger partial charge is 0.147 e. The van der Waals surface area contributed by atoms with Crippen molar-refractivity contribution in [2.75, 3.05) is 6.54 Å². The van der Waals surface area contributed by atoms with Gasteiger partial charge in [0.05, 0.1) is 0 Å². The third kappa shape index (κ3) is 1.38. The maximum atomic E-state index is 8.82. The Labute approximate surface area is 52.6 Å². The molecule has 1 saturated heterocycles. The first-order valence-electron chi connectivity index (χ1n) is 2.84. The average Bonchev–Trinajstić information content (AvgIpc) is 1.83. The zero-order valence-electron chi connectivity index (χ0n) is 4.93. The highest BCUT2D eigenvalue weighted by Gasteiger charge is 2.23. The Morgan fingerprint density at radius 3 is 2.44 bits per heavy atom. The van der Waals surface area contributed by atoms with Gasteiger partial charge < -0.3 is 5.11 Å². The van der Waals surface area contributed by atoms with E-state index in [1.165, 1.54) is 0 Å². The second-order valence-corrected chi connectivity index (χ2v) is 2.04. The second-order valence-electron chi connectivity index (χ2n) is 2.04. The molecular weight excluding hydrogens is 124 g/mol. The molecule has 1 rings (SSSR count). The number of aliphatic hydroxyl groups excluding tert-OH is 1. The minimum absolute atomic E-state index is 0.369. The van der Waals surface area contributed by atoms with Gasteiger partial charge >= 0.3 is 0 Å². The molecule has 0 aliphatic carbocycles. The number of hydroxylamine groups is 2. The van der Waals surface area contributed by atoms with Crippen molar-refractivity contribution in [1.29, 1.82) is 0 Å². The van der Waals surface area contributed by atoms with Gasteiger partial charge in [0.2, 0.25) is 0 Å². The highest BCUT2D eigenvalue weighted by molar-refractivity contribution is 4.55. The zero-order chi connectivity index (χ0) is 6.85. The van der Waals surface area contributed by atoms with Gasteiger partial charge in [0.15, 0.2) is 0 Å². The Morgan fingerprint density at radius 2 is 2.00 bits per heavy atom. The molecule has 5 heteroatoms. The molecule has 0 aromatic heterocycles. The lowest BCUT2D eigenvalue weighted by Crippen LogP contribution is -2.48. The number of rotatable bonds is 0. The first kappa shape index (κ1) is 6.91. The van der Waals surface area contributed by atoms with E-state index >= 15 is 0 Å². The Kier molecular flexibility index (Phi) is 1.99. The maximum absolute atomic E-state index is 8.82. The fourth-order valence-electron chi connectivity index (χ4n) is 0.787. The number of hydrazine groups is 1. The van der Waals surface area contributed by atoms with Crippen molar-refractivity contribution in [3.05, 3.63) is 0 Å². The Morgan fingerprint density at radius 1 is 1.33 bits per heavy atom.